The topological polar surface area (TPSA) is 79.8 Å². The molecule has 2 N–H and O–H groups in total. The van der Waals surface area contributed by atoms with Crippen LogP contribution in [0.5, 0.6) is 0 Å². The number of carbonyl (C=O) groups is 2. The van der Waals surface area contributed by atoms with Crippen molar-refractivity contribution in [2.45, 2.75) is 83.8 Å². The zero-order valence-corrected chi connectivity index (χ0v) is 19.7. The molecule has 1 amide bonds. The Bertz CT molecular complexity index is 740. The molecule has 4 saturated carbocycles. The number of rotatable bonds is 4. The lowest BCUT2D eigenvalue weighted by Crippen LogP contribution is -2.61. The lowest BCUT2D eigenvalue weighted by atomic mass is 9.44. The number of nitrogens with one attached hydrogen (secondary N) is 2. The van der Waals surface area contributed by atoms with E-state index in [-0.39, 0.29) is 35.4 Å². The first kappa shape index (κ1) is 23.0. The number of amides is 1. The molecule has 1 saturated heterocycles. The number of halogens is 1. The summed E-state index contributed by atoms with van der Waals surface area (Å²) in [5, 5.41) is 11.1. The SMILES string of the molecule is C[C@]12CCC(=NO[C@@H]3CCNC3)CC1C[C@@H](NC=O)[C@@H]1[C@@H]2CC[C@]2(C)C(=O)CC[C@@H]12.Cl. The summed E-state index contributed by atoms with van der Waals surface area (Å²) in [4.78, 5) is 30.1. The van der Waals surface area contributed by atoms with Crippen molar-refractivity contribution < 1.29 is 14.4 Å². The van der Waals surface area contributed by atoms with E-state index in [9.17, 15) is 9.59 Å². The Labute approximate surface area is 192 Å². The molecule has 1 heterocycles. The van der Waals surface area contributed by atoms with Crippen LogP contribution in [-0.4, -0.2) is 43.1 Å². The molecule has 7 heteroatoms. The minimum Gasteiger partial charge on any atom is -0.391 e. The second-order valence-electron chi connectivity index (χ2n) is 11.1. The van der Waals surface area contributed by atoms with E-state index in [1.165, 1.54) is 5.71 Å². The van der Waals surface area contributed by atoms with Crippen LogP contribution in [0.2, 0.25) is 0 Å². The lowest BCUT2D eigenvalue weighted by molar-refractivity contribution is -0.141. The second kappa shape index (κ2) is 8.66. The molecule has 1 aliphatic heterocycles. The molecule has 174 valence electrons. The van der Waals surface area contributed by atoms with Crippen LogP contribution in [0.1, 0.15) is 71.6 Å². The predicted molar refractivity (Wildman–Crippen MR) is 122 cm³/mol. The summed E-state index contributed by atoms with van der Waals surface area (Å²) in [7, 11) is 0. The standard InChI is InChI=1S/C24H37N3O3.ClH/c1-23-8-5-16(27-30-17-7-10-25-13-17)11-15(23)12-20(26-14-28)22-18-3-4-21(29)24(18,2)9-6-19(22)23;/h14-15,17-20,22,25H,3-13H2,1-2H3,(H,26,28);1H/t15?,17-,18+,19+,20-,22+,23+,24+;/m1./s1. The van der Waals surface area contributed by atoms with E-state index in [0.29, 0.717) is 29.5 Å². The highest BCUT2D eigenvalue weighted by Gasteiger charge is 2.62. The minimum atomic E-state index is -0.169. The van der Waals surface area contributed by atoms with Gasteiger partial charge in [0.2, 0.25) is 6.41 Å². The average Bonchev–Trinajstić information content (AvgIpc) is 3.35. The van der Waals surface area contributed by atoms with Gasteiger partial charge in [0.15, 0.2) is 0 Å². The molecule has 0 aromatic rings. The van der Waals surface area contributed by atoms with Crippen molar-refractivity contribution in [1.29, 1.82) is 0 Å². The quantitative estimate of drug-likeness (QED) is 0.506. The fourth-order valence-corrected chi connectivity index (χ4v) is 8.06. The molecule has 8 atom stereocenters. The van der Waals surface area contributed by atoms with Gasteiger partial charge in [-0.1, -0.05) is 19.0 Å². The summed E-state index contributed by atoms with van der Waals surface area (Å²) in [5.41, 5.74) is 1.30. The zero-order chi connectivity index (χ0) is 20.9. The molecule has 1 unspecified atom stereocenters. The molecule has 0 radical (unpaired) electrons. The number of carbonyl (C=O) groups excluding carboxylic acids is 2. The molecule has 6 nitrogen and oxygen atoms in total. The highest BCUT2D eigenvalue weighted by molar-refractivity contribution is 5.87. The van der Waals surface area contributed by atoms with Crippen LogP contribution in [0, 0.1) is 34.5 Å². The van der Waals surface area contributed by atoms with Gasteiger partial charge in [-0.3, -0.25) is 9.59 Å². The third-order valence-electron chi connectivity index (χ3n) is 9.89. The largest absolute Gasteiger partial charge is 0.391 e. The highest BCUT2D eigenvalue weighted by Crippen LogP contribution is 2.65. The van der Waals surface area contributed by atoms with Crippen LogP contribution in [-0.2, 0) is 14.4 Å². The van der Waals surface area contributed by atoms with Crippen LogP contribution in [0.4, 0.5) is 0 Å². The molecule has 5 rings (SSSR count). The Balaban J connectivity index is 0.00000231. The number of fused-ring (bicyclic) bond motifs is 5. The van der Waals surface area contributed by atoms with Gasteiger partial charge >= 0.3 is 0 Å². The molecule has 0 aromatic carbocycles. The van der Waals surface area contributed by atoms with Crippen molar-refractivity contribution in [3.8, 4) is 0 Å². The number of nitrogens with zero attached hydrogens (tertiary/aromatic N) is 1. The van der Waals surface area contributed by atoms with E-state index < -0.39 is 0 Å². The monoisotopic (exact) mass is 451 g/mol. The van der Waals surface area contributed by atoms with Gasteiger partial charge in [-0.25, -0.2) is 0 Å². The van der Waals surface area contributed by atoms with E-state index in [2.05, 4.69) is 29.6 Å². The molecule has 0 bridgehead atoms. The second-order valence-corrected chi connectivity index (χ2v) is 11.1. The summed E-state index contributed by atoms with van der Waals surface area (Å²) in [6.07, 6.45) is 10.1. The van der Waals surface area contributed by atoms with E-state index in [1.54, 1.807) is 0 Å². The maximum Gasteiger partial charge on any atom is 0.207 e. The molecular formula is C24H38ClN3O3. The van der Waals surface area contributed by atoms with Gasteiger partial charge < -0.3 is 15.5 Å². The Hall–Kier alpha value is -1.14. The van der Waals surface area contributed by atoms with Crippen molar-refractivity contribution in [2.75, 3.05) is 13.1 Å². The molecule has 5 fully saturated rings. The van der Waals surface area contributed by atoms with Crippen molar-refractivity contribution in [3.05, 3.63) is 0 Å². The first-order valence-electron chi connectivity index (χ1n) is 12.1. The van der Waals surface area contributed by atoms with Gasteiger partial charge in [0.1, 0.15) is 11.9 Å². The Morgan fingerprint density at radius 1 is 1.16 bits per heavy atom. The molecule has 0 spiro atoms. The summed E-state index contributed by atoms with van der Waals surface area (Å²) in [6, 6.07) is 0.181. The van der Waals surface area contributed by atoms with Crippen molar-refractivity contribution in [2.24, 2.45) is 39.7 Å². The van der Waals surface area contributed by atoms with Gasteiger partial charge in [-0.05, 0) is 80.6 Å². The Morgan fingerprint density at radius 2 is 2.00 bits per heavy atom. The third-order valence-corrected chi connectivity index (χ3v) is 9.89. The van der Waals surface area contributed by atoms with Gasteiger partial charge in [0.25, 0.3) is 0 Å². The highest BCUT2D eigenvalue weighted by atomic mass is 35.5. The van der Waals surface area contributed by atoms with Crippen molar-refractivity contribution >= 4 is 30.3 Å². The van der Waals surface area contributed by atoms with Gasteiger partial charge in [-0.15, -0.1) is 12.4 Å². The first-order valence-corrected chi connectivity index (χ1v) is 12.1. The number of ketones is 1. The fraction of sp³-hybridized carbons (Fsp3) is 0.875. The molecule has 0 aromatic heterocycles. The van der Waals surface area contributed by atoms with E-state index >= 15 is 0 Å². The molecule has 4 aliphatic carbocycles. The van der Waals surface area contributed by atoms with Crippen molar-refractivity contribution in [1.82, 2.24) is 10.6 Å². The van der Waals surface area contributed by atoms with Gasteiger partial charge in [0.05, 0.1) is 5.71 Å². The Kier molecular flexibility index (Phi) is 6.43. The third kappa shape index (κ3) is 3.72. The molecule has 31 heavy (non-hydrogen) atoms. The van der Waals surface area contributed by atoms with Crippen LogP contribution < -0.4 is 10.6 Å². The molecular weight excluding hydrogens is 414 g/mol. The lowest BCUT2D eigenvalue weighted by Gasteiger charge is -2.61. The predicted octanol–water partition coefficient (Wildman–Crippen LogP) is 3.48. The average molecular weight is 452 g/mol. The summed E-state index contributed by atoms with van der Waals surface area (Å²) < 4.78 is 0. The van der Waals surface area contributed by atoms with Gasteiger partial charge in [-0.2, -0.15) is 0 Å². The zero-order valence-electron chi connectivity index (χ0n) is 18.9. The summed E-state index contributed by atoms with van der Waals surface area (Å²) >= 11 is 0. The van der Waals surface area contributed by atoms with Gasteiger partial charge in [0, 0.05) is 30.8 Å². The van der Waals surface area contributed by atoms with Crippen molar-refractivity contribution in [3.63, 3.8) is 0 Å². The molecule has 5 aliphatic rings. The number of Topliss-reactive ketones (excluding diaryl/α,β-unsaturated/α-hetero) is 1. The van der Waals surface area contributed by atoms with E-state index in [1.807, 2.05) is 0 Å². The van der Waals surface area contributed by atoms with Crippen LogP contribution in [0.3, 0.4) is 0 Å². The minimum absolute atomic E-state index is 0. The number of hydrogen-bond donors (Lipinski definition) is 2. The summed E-state index contributed by atoms with van der Waals surface area (Å²) in [6.45, 7) is 6.60. The maximum absolute atomic E-state index is 12.7. The number of oxime groups is 1. The van der Waals surface area contributed by atoms with Crippen LogP contribution in [0.15, 0.2) is 5.16 Å². The van der Waals surface area contributed by atoms with E-state index in [4.69, 9.17) is 4.84 Å². The van der Waals surface area contributed by atoms with Crippen LogP contribution in [0.25, 0.3) is 0 Å². The number of hydrogen-bond acceptors (Lipinski definition) is 5. The normalized spacial score (nSPS) is 47.7. The van der Waals surface area contributed by atoms with Crippen LogP contribution >= 0.6 is 12.4 Å². The summed E-state index contributed by atoms with van der Waals surface area (Å²) in [5.74, 6) is 2.42. The first-order chi connectivity index (χ1) is 14.5. The smallest absolute Gasteiger partial charge is 0.207 e. The maximum atomic E-state index is 12.7. The van der Waals surface area contributed by atoms with E-state index in [0.717, 1.165) is 77.3 Å². The Morgan fingerprint density at radius 3 is 2.74 bits per heavy atom. The fourth-order valence-electron chi connectivity index (χ4n) is 8.06.